The Bertz CT molecular complexity index is 913. The third-order valence-corrected chi connectivity index (χ3v) is 13.9. The Balaban J connectivity index is 3.40. The van der Waals surface area contributed by atoms with Crippen LogP contribution in [0.3, 0.4) is 0 Å². The summed E-state index contributed by atoms with van der Waals surface area (Å²) in [6, 6.07) is -0.543. The van der Waals surface area contributed by atoms with Crippen LogP contribution < -0.4 is 5.32 Å². The first-order valence-corrected chi connectivity index (χ1v) is 29.3. The molecule has 0 heterocycles. The van der Waals surface area contributed by atoms with E-state index in [1.807, 2.05) is 0 Å². The molecule has 2 unspecified atom stereocenters. The molecule has 0 aromatic carbocycles. The second-order valence-corrected chi connectivity index (χ2v) is 20.3. The van der Waals surface area contributed by atoms with Crippen molar-refractivity contribution in [2.75, 3.05) is 13.2 Å². The Labute approximate surface area is 400 Å². The molecule has 6 nitrogen and oxygen atoms in total. The van der Waals surface area contributed by atoms with Gasteiger partial charge >= 0.3 is 5.97 Å². The summed E-state index contributed by atoms with van der Waals surface area (Å²) in [5.41, 5.74) is 0. The lowest BCUT2D eigenvalue weighted by molar-refractivity contribution is -0.143. The van der Waals surface area contributed by atoms with E-state index < -0.39 is 12.1 Å². The first-order valence-electron chi connectivity index (χ1n) is 29.3. The van der Waals surface area contributed by atoms with Crippen LogP contribution in [0.4, 0.5) is 0 Å². The lowest BCUT2D eigenvalue weighted by Gasteiger charge is -2.22. The van der Waals surface area contributed by atoms with Crippen LogP contribution in [0, 0.1) is 0 Å². The number of carbonyl (C=O) groups is 2. The predicted octanol–water partition coefficient (Wildman–Crippen LogP) is 17.9. The van der Waals surface area contributed by atoms with E-state index in [2.05, 4.69) is 19.2 Å². The molecule has 3 N–H and O–H groups in total. The molecule has 0 spiro atoms. The summed E-state index contributed by atoms with van der Waals surface area (Å²) >= 11 is 0. The quantitative estimate of drug-likeness (QED) is 0.0417. The second-order valence-electron chi connectivity index (χ2n) is 20.3. The van der Waals surface area contributed by atoms with Crippen molar-refractivity contribution >= 4 is 11.9 Å². The van der Waals surface area contributed by atoms with E-state index in [0.717, 1.165) is 38.5 Å². The van der Waals surface area contributed by atoms with Crippen molar-refractivity contribution in [2.45, 2.75) is 347 Å². The van der Waals surface area contributed by atoms with Gasteiger partial charge in [0.2, 0.25) is 5.91 Å². The number of aliphatic hydroxyl groups excluding tert-OH is 2. The Morgan fingerprint density at radius 2 is 0.641 bits per heavy atom. The van der Waals surface area contributed by atoms with Gasteiger partial charge in [0.25, 0.3) is 0 Å². The lowest BCUT2D eigenvalue weighted by Crippen LogP contribution is -2.45. The smallest absolute Gasteiger partial charge is 0.305 e. The van der Waals surface area contributed by atoms with Gasteiger partial charge in [-0.3, -0.25) is 9.59 Å². The number of aliphatic hydroxyl groups is 2. The fourth-order valence-electron chi connectivity index (χ4n) is 9.41. The molecule has 0 fully saturated rings. The molecule has 0 saturated heterocycles. The first-order chi connectivity index (χ1) is 31.5. The number of hydrogen-bond donors (Lipinski definition) is 3. The second kappa shape index (κ2) is 54.5. The van der Waals surface area contributed by atoms with Crippen molar-refractivity contribution in [2.24, 2.45) is 0 Å². The third-order valence-electron chi connectivity index (χ3n) is 13.9. The van der Waals surface area contributed by atoms with E-state index in [4.69, 9.17) is 4.74 Å². The van der Waals surface area contributed by atoms with Crippen LogP contribution in [-0.2, 0) is 14.3 Å². The lowest BCUT2D eigenvalue weighted by atomic mass is 10.0. The molecule has 2 atom stereocenters. The van der Waals surface area contributed by atoms with Gasteiger partial charge in [0.05, 0.1) is 25.4 Å². The van der Waals surface area contributed by atoms with Crippen LogP contribution in [-0.4, -0.2) is 47.4 Å². The van der Waals surface area contributed by atoms with Gasteiger partial charge < -0.3 is 20.3 Å². The van der Waals surface area contributed by atoms with E-state index in [1.165, 1.54) is 263 Å². The van der Waals surface area contributed by atoms with Crippen molar-refractivity contribution < 1.29 is 24.5 Å². The highest BCUT2D eigenvalue weighted by molar-refractivity contribution is 5.76. The SMILES string of the molecule is CCCCCCCCCCCCCCCCCCCCC(O)C(CO)NC(=O)CCCCCCCCCCCCCCCCCCCCOC(=O)CCCCCCCCCCCCC. The fraction of sp³-hybridized carbons (Fsp3) is 0.966. The zero-order valence-electron chi connectivity index (χ0n) is 43.5. The summed E-state index contributed by atoms with van der Waals surface area (Å²) in [5, 5.41) is 23.3. The van der Waals surface area contributed by atoms with Gasteiger partial charge in [0.1, 0.15) is 0 Å². The summed E-state index contributed by atoms with van der Waals surface area (Å²) in [6.07, 6.45) is 62.3. The molecule has 1 amide bonds. The van der Waals surface area contributed by atoms with Gasteiger partial charge in [0, 0.05) is 12.8 Å². The van der Waals surface area contributed by atoms with Gasteiger partial charge in [-0.1, -0.05) is 296 Å². The van der Waals surface area contributed by atoms with Crippen LogP contribution >= 0.6 is 0 Å². The van der Waals surface area contributed by atoms with Crippen molar-refractivity contribution in [1.82, 2.24) is 5.32 Å². The molecule has 0 aromatic heterocycles. The van der Waals surface area contributed by atoms with Crippen molar-refractivity contribution in [3.8, 4) is 0 Å². The Hall–Kier alpha value is -1.14. The average molecular weight is 907 g/mol. The van der Waals surface area contributed by atoms with Crippen molar-refractivity contribution in [3.05, 3.63) is 0 Å². The van der Waals surface area contributed by atoms with Gasteiger partial charge in [-0.15, -0.1) is 0 Å². The maximum absolute atomic E-state index is 12.5. The highest BCUT2D eigenvalue weighted by Crippen LogP contribution is 2.18. The normalized spacial score (nSPS) is 12.5. The standard InChI is InChI=1S/C58H115NO5/c1-3-5-7-9-11-13-15-16-17-18-21-24-27-31-34-38-42-46-50-56(61)55(54-60)59-57(62)51-47-43-39-35-32-28-25-22-19-20-23-26-29-33-37-41-45-49-53-64-58(63)52-48-44-40-36-30-14-12-10-8-6-4-2/h55-56,60-61H,3-54H2,1-2H3,(H,59,62). The number of carbonyl (C=O) groups excluding carboxylic acids is 2. The summed E-state index contributed by atoms with van der Waals surface area (Å²) in [7, 11) is 0. The first kappa shape index (κ1) is 62.9. The van der Waals surface area contributed by atoms with Crippen LogP contribution in [0.2, 0.25) is 0 Å². The Kier molecular flexibility index (Phi) is 53.5. The molecule has 0 bridgehead atoms. The number of amides is 1. The minimum atomic E-state index is -0.666. The van der Waals surface area contributed by atoms with Gasteiger partial charge in [0.15, 0.2) is 0 Å². The molecule has 0 aliphatic carbocycles. The Morgan fingerprint density at radius 1 is 0.375 bits per heavy atom. The summed E-state index contributed by atoms with van der Waals surface area (Å²) in [5.74, 6) is -0.0273. The number of unbranched alkanes of at least 4 members (excludes halogenated alkanes) is 44. The molecule has 0 rings (SSSR count). The molecular formula is C58H115NO5. The topological polar surface area (TPSA) is 95.9 Å². The van der Waals surface area contributed by atoms with Crippen molar-refractivity contribution in [3.63, 3.8) is 0 Å². The Morgan fingerprint density at radius 3 is 0.953 bits per heavy atom. The minimum Gasteiger partial charge on any atom is -0.466 e. The number of ether oxygens (including phenoxy) is 1. The summed E-state index contributed by atoms with van der Waals surface area (Å²) in [6.45, 7) is 4.97. The average Bonchev–Trinajstić information content (AvgIpc) is 3.29. The monoisotopic (exact) mass is 906 g/mol. The van der Waals surface area contributed by atoms with Gasteiger partial charge in [-0.25, -0.2) is 0 Å². The molecule has 6 heteroatoms. The van der Waals surface area contributed by atoms with Crippen LogP contribution in [0.25, 0.3) is 0 Å². The van der Waals surface area contributed by atoms with Gasteiger partial charge in [-0.2, -0.15) is 0 Å². The summed E-state index contributed by atoms with van der Waals surface area (Å²) in [4.78, 5) is 24.5. The summed E-state index contributed by atoms with van der Waals surface area (Å²) < 4.78 is 5.46. The minimum absolute atomic E-state index is 0.00801. The highest BCUT2D eigenvalue weighted by Gasteiger charge is 2.20. The van der Waals surface area contributed by atoms with E-state index in [-0.39, 0.29) is 18.5 Å². The van der Waals surface area contributed by atoms with E-state index >= 15 is 0 Å². The zero-order chi connectivity index (χ0) is 46.5. The zero-order valence-corrected chi connectivity index (χ0v) is 43.5. The molecule has 0 aromatic rings. The largest absolute Gasteiger partial charge is 0.466 e. The maximum atomic E-state index is 12.5. The number of hydrogen-bond acceptors (Lipinski definition) is 5. The molecular weight excluding hydrogens is 791 g/mol. The maximum Gasteiger partial charge on any atom is 0.305 e. The third kappa shape index (κ3) is 50.3. The highest BCUT2D eigenvalue weighted by atomic mass is 16.5. The van der Waals surface area contributed by atoms with Crippen LogP contribution in [0.5, 0.6) is 0 Å². The molecule has 0 aliphatic rings. The van der Waals surface area contributed by atoms with Crippen LogP contribution in [0.15, 0.2) is 0 Å². The molecule has 382 valence electrons. The van der Waals surface area contributed by atoms with Crippen molar-refractivity contribution in [1.29, 1.82) is 0 Å². The predicted molar refractivity (Wildman–Crippen MR) is 278 cm³/mol. The van der Waals surface area contributed by atoms with E-state index in [1.54, 1.807) is 0 Å². The fourth-order valence-corrected chi connectivity index (χ4v) is 9.41. The van der Waals surface area contributed by atoms with Crippen LogP contribution in [0.1, 0.15) is 335 Å². The number of nitrogens with one attached hydrogen (secondary N) is 1. The molecule has 0 saturated carbocycles. The molecule has 0 aliphatic heterocycles. The van der Waals surface area contributed by atoms with Gasteiger partial charge in [-0.05, 0) is 25.7 Å². The van der Waals surface area contributed by atoms with E-state index in [9.17, 15) is 19.8 Å². The molecule has 0 radical (unpaired) electrons. The van der Waals surface area contributed by atoms with E-state index in [0.29, 0.717) is 25.9 Å². The number of esters is 1. The molecule has 64 heavy (non-hydrogen) atoms. The number of rotatable bonds is 55.